The Morgan fingerprint density at radius 3 is 2.55 bits per heavy atom. The lowest BCUT2D eigenvalue weighted by Gasteiger charge is -2.09. The first kappa shape index (κ1) is 14.1. The summed E-state index contributed by atoms with van der Waals surface area (Å²) in [6.45, 7) is 10.2. The molecule has 2 aromatic rings. The molecular formula is C18H25NS. The largest absolute Gasteiger partial charge is 0.309 e. The van der Waals surface area contributed by atoms with E-state index in [1.807, 2.05) is 11.3 Å². The summed E-state index contributed by atoms with van der Waals surface area (Å²) in [6, 6.07) is 5.56. The van der Waals surface area contributed by atoms with Crippen LogP contribution in [0.15, 0.2) is 12.1 Å². The smallest absolute Gasteiger partial charge is 0.0351 e. The molecule has 1 fully saturated rings. The van der Waals surface area contributed by atoms with Gasteiger partial charge in [-0.3, -0.25) is 0 Å². The molecule has 0 unspecified atom stereocenters. The van der Waals surface area contributed by atoms with Crippen LogP contribution in [-0.4, -0.2) is 6.04 Å². The van der Waals surface area contributed by atoms with E-state index in [1.54, 1.807) is 10.4 Å². The maximum atomic E-state index is 3.69. The van der Waals surface area contributed by atoms with Crippen molar-refractivity contribution in [2.24, 2.45) is 5.92 Å². The maximum Gasteiger partial charge on any atom is 0.0351 e. The molecule has 0 saturated heterocycles. The molecule has 1 aliphatic carbocycles. The van der Waals surface area contributed by atoms with Gasteiger partial charge >= 0.3 is 0 Å². The van der Waals surface area contributed by atoms with Crippen molar-refractivity contribution in [2.75, 3.05) is 0 Å². The Balaban J connectivity index is 2.01. The molecule has 1 aromatic heterocycles. The fourth-order valence-corrected chi connectivity index (χ4v) is 4.02. The highest BCUT2D eigenvalue weighted by Gasteiger charge is 2.22. The van der Waals surface area contributed by atoms with Gasteiger partial charge in [0.1, 0.15) is 0 Å². The van der Waals surface area contributed by atoms with Crippen LogP contribution < -0.4 is 5.32 Å². The molecule has 20 heavy (non-hydrogen) atoms. The highest BCUT2D eigenvalue weighted by Crippen LogP contribution is 2.35. The number of aryl methyl sites for hydroxylation is 2. The van der Waals surface area contributed by atoms with E-state index in [1.165, 1.54) is 40.5 Å². The third-order valence-electron chi connectivity index (χ3n) is 4.23. The van der Waals surface area contributed by atoms with E-state index < -0.39 is 0 Å². The zero-order valence-corrected chi connectivity index (χ0v) is 13.9. The normalized spacial score (nSPS) is 15.4. The number of hydrogen-bond acceptors (Lipinski definition) is 2. The van der Waals surface area contributed by atoms with Crippen molar-refractivity contribution in [2.45, 2.75) is 59.5 Å². The molecule has 0 amide bonds. The van der Waals surface area contributed by atoms with Crippen LogP contribution >= 0.6 is 11.3 Å². The quantitative estimate of drug-likeness (QED) is 0.819. The van der Waals surface area contributed by atoms with E-state index in [9.17, 15) is 0 Å². The molecule has 1 aliphatic rings. The molecular weight excluding hydrogens is 262 g/mol. The minimum absolute atomic E-state index is 0.717. The Labute approximate surface area is 126 Å². The number of thiophene rings is 1. The molecule has 3 rings (SSSR count). The molecule has 0 radical (unpaired) electrons. The molecule has 1 heterocycles. The van der Waals surface area contributed by atoms with Crippen molar-refractivity contribution in [3.05, 3.63) is 33.7 Å². The molecule has 0 spiro atoms. The predicted molar refractivity (Wildman–Crippen MR) is 89.7 cm³/mol. The Kier molecular flexibility index (Phi) is 3.87. The highest BCUT2D eigenvalue weighted by molar-refractivity contribution is 7.19. The topological polar surface area (TPSA) is 12.0 Å². The summed E-state index contributed by atoms with van der Waals surface area (Å²) >= 11 is 2.00. The third kappa shape index (κ3) is 2.91. The average molecular weight is 287 g/mol. The van der Waals surface area contributed by atoms with E-state index in [0.29, 0.717) is 5.92 Å². The average Bonchev–Trinajstić information content (AvgIpc) is 3.15. The molecule has 108 valence electrons. The zero-order chi connectivity index (χ0) is 14.3. The molecule has 0 aliphatic heterocycles. The lowest BCUT2D eigenvalue weighted by molar-refractivity contribution is 0.637. The van der Waals surface area contributed by atoms with Crippen LogP contribution in [-0.2, 0) is 13.0 Å². The number of hydrogen-bond donors (Lipinski definition) is 1. The van der Waals surface area contributed by atoms with Crippen molar-refractivity contribution >= 4 is 21.4 Å². The van der Waals surface area contributed by atoms with Gasteiger partial charge in [0.25, 0.3) is 0 Å². The Hall–Kier alpha value is -0.860. The van der Waals surface area contributed by atoms with Crippen molar-refractivity contribution < 1.29 is 0 Å². The van der Waals surface area contributed by atoms with Crippen molar-refractivity contribution in [1.29, 1.82) is 0 Å². The minimum Gasteiger partial charge on any atom is -0.309 e. The maximum absolute atomic E-state index is 3.69. The number of fused-ring (bicyclic) bond motifs is 1. The van der Waals surface area contributed by atoms with Crippen LogP contribution in [0.3, 0.4) is 0 Å². The first-order chi connectivity index (χ1) is 9.54. The second-order valence-electron chi connectivity index (χ2n) is 6.69. The monoisotopic (exact) mass is 287 g/mol. The van der Waals surface area contributed by atoms with Gasteiger partial charge in [0.15, 0.2) is 0 Å². The Bertz CT molecular complexity index is 620. The van der Waals surface area contributed by atoms with Crippen LogP contribution in [0.5, 0.6) is 0 Å². The summed E-state index contributed by atoms with van der Waals surface area (Å²) in [5.74, 6) is 0.717. The molecule has 0 atom stereocenters. The minimum atomic E-state index is 0.717. The summed E-state index contributed by atoms with van der Waals surface area (Å²) < 4.78 is 1.47. The SMILES string of the molecule is Cc1cc2sc(CNC3CC3)c(CC(C)C)c2cc1C. The number of benzene rings is 1. The Morgan fingerprint density at radius 1 is 1.20 bits per heavy atom. The summed E-state index contributed by atoms with van der Waals surface area (Å²) in [6.07, 6.45) is 3.93. The highest BCUT2D eigenvalue weighted by atomic mass is 32.1. The van der Waals surface area contributed by atoms with Crippen LogP contribution in [0.1, 0.15) is 48.3 Å². The summed E-state index contributed by atoms with van der Waals surface area (Å²) in [5, 5.41) is 5.19. The van der Waals surface area contributed by atoms with Crippen LogP contribution in [0.2, 0.25) is 0 Å². The molecule has 0 bridgehead atoms. The molecule has 1 N–H and O–H groups in total. The van der Waals surface area contributed by atoms with E-state index in [2.05, 4.69) is 45.1 Å². The second kappa shape index (κ2) is 5.50. The van der Waals surface area contributed by atoms with Gasteiger partial charge in [0.2, 0.25) is 0 Å². The van der Waals surface area contributed by atoms with Crippen LogP contribution in [0, 0.1) is 19.8 Å². The molecule has 1 aromatic carbocycles. The van der Waals surface area contributed by atoms with Gasteiger partial charge < -0.3 is 5.32 Å². The fourth-order valence-electron chi connectivity index (χ4n) is 2.75. The zero-order valence-electron chi connectivity index (χ0n) is 13.0. The van der Waals surface area contributed by atoms with Crippen LogP contribution in [0.25, 0.3) is 10.1 Å². The van der Waals surface area contributed by atoms with Gasteiger partial charge in [-0.2, -0.15) is 0 Å². The van der Waals surface area contributed by atoms with E-state index in [0.717, 1.165) is 12.6 Å². The second-order valence-corrected chi connectivity index (χ2v) is 7.83. The third-order valence-corrected chi connectivity index (χ3v) is 5.43. The molecule has 1 nitrogen and oxygen atoms in total. The lowest BCUT2D eigenvalue weighted by Crippen LogP contribution is -2.15. The van der Waals surface area contributed by atoms with Gasteiger partial charge in [-0.05, 0) is 67.2 Å². The summed E-state index contributed by atoms with van der Waals surface area (Å²) in [4.78, 5) is 1.56. The van der Waals surface area contributed by atoms with Gasteiger partial charge in [0.05, 0.1) is 0 Å². The first-order valence-corrected chi connectivity index (χ1v) is 8.61. The van der Waals surface area contributed by atoms with Gasteiger partial charge in [0, 0.05) is 22.2 Å². The predicted octanol–water partition coefficient (Wildman–Crippen LogP) is 4.97. The van der Waals surface area contributed by atoms with E-state index in [4.69, 9.17) is 0 Å². The van der Waals surface area contributed by atoms with E-state index in [-0.39, 0.29) is 0 Å². The van der Waals surface area contributed by atoms with Crippen molar-refractivity contribution in [1.82, 2.24) is 5.32 Å². The Morgan fingerprint density at radius 2 is 1.90 bits per heavy atom. The van der Waals surface area contributed by atoms with E-state index >= 15 is 0 Å². The summed E-state index contributed by atoms with van der Waals surface area (Å²) in [5.41, 5.74) is 4.43. The number of rotatable bonds is 5. The summed E-state index contributed by atoms with van der Waals surface area (Å²) in [7, 11) is 0. The van der Waals surface area contributed by atoms with Gasteiger partial charge in [-0.1, -0.05) is 19.9 Å². The van der Waals surface area contributed by atoms with Crippen molar-refractivity contribution in [3.63, 3.8) is 0 Å². The standard InChI is InChI=1S/C18H25NS/c1-11(2)7-15-16-8-12(3)13(4)9-17(16)20-18(15)10-19-14-5-6-14/h8-9,11,14,19H,5-7,10H2,1-4H3. The number of nitrogens with one attached hydrogen (secondary N) is 1. The molecule has 2 heteroatoms. The van der Waals surface area contributed by atoms with Crippen molar-refractivity contribution in [3.8, 4) is 0 Å². The van der Waals surface area contributed by atoms with Gasteiger partial charge in [-0.15, -0.1) is 11.3 Å². The van der Waals surface area contributed by atoms with Gasteiger partial charge in [-0.25, -0.2) is 0 Å². The molecule has 1 saturated carbocycles. The van der Waals surface area contributed by atoms with Crippen LogP contribution in [0.4, 0.5) is 0 Å². The first-order valence-electron chi connectivity index (χ1n) is 7.79. The fraction of sp³-hybridized carbons (Fsp3) is 0.556. The lowest BCUT2D eigenvalue weighted by atomic mass is 9.97.